The van der Waals surface area contributed by atoms with Gasteiger partial charge in [-0.3, -0.25) is 10.2 Å². The van der Waals surface area contributed by atoms with Crippen molar-refractivity contribution < 1.29 is 4.79 Å². The van der Waals surface area contributed by atoms with E-state index in [1.54, 1.807) is 0 Å². The van der Waals surface area contributed by atoms with Crippen LogP contribution >= 0.6 is 12.2 Å². The third-order valence-electron chi connectivity index (χ3n) is 3.58. The van der Waals surface area contributed by atoms with Crippen LogP contribution in [0.15, 0.2) is 5.10 Å². The Kier molecular flexibility index (Phi) is 5.11. The minimum absolute atomic E-state index is 0.285. The maximum absolute atomic E-state index is 11.3. The maximum atomic E-state index is 11.3. The smallest absolute Gasteiger partial charge is 0.187 e. The molecule has 0 aliphatic heterocycles. The van der Waals surface area contributed by atoms with E-state index in [1.165, 1.54) is 32.1 Å². The van der Waals surface area contributed by atoms with Crippen LogP contribution in [0.5, 0.6) is 0 Å². The van der Waals surface area contributed by atoms with Crippen molar-refractivity contribution in [3.05, 3.63) is 0 Å². The number of nitrogens with one attached hydrogen (secondary N) is 2. The van der Waals surface area contributed by atoms with Crippen molar-refractivity contribution in [1.82, 2.24) is 10.7 Å². The highest BCUT2D eigenvalue weighted by atomic mass is 32.1. The zero-order chi connectivity index (χ0) is 12.8. The molecule has 0 amide bonds. The van der Waals surface area contributed by atoms with Gasteiger partial charge in [-0.25, -0.2) is 0 Å². The predicted octanol–water partition coefficient (Wildman–Crippen LogP) is 2.28. The van der Waals surface area contributed by atoms with E-state index in [0.717, 1.165) is 18.6 Å². The molecule has 5 heteroatoms. The highest BCUT2D eigenvalue weighted by Gasteiger charge is 2.16. The first-order valence-corrected chi connectivity index (χ1v) is 7.28. The summed E-state index contributed by atoms with van der Waals surface area (Å²) >= 11 is 5.22. The number of carbonyl (C=O) groups excluding carboxylic acids is 1. The number of carbonyl (C=O) groups is 1. The quantitative estimate of drug-likeness (QED) is 0.595. The molecule has 0 radical (unpaired) electrons. The average Bonchev–Trinajstić information content (AvgIpc) is 2.38. The van der Waals surface area contributed by atoms with Crippen molar-refractivity contribution >= 4 is 28.8 Å². The van der Waals surface area contributed by atoms with Gasteiger partial charge in [-0.1, -0.05) is 19.3 Å². The Morgan fingerprint density at radius 1 is 1.17 bits per heavy atom. The largest absolute Gasteiger partial charge is 0.359 e. The van der Waals surface area contributed by atoms with Crippen LogP contribution in [0.3, 0.4) is 0 Å². The van der Waals surface area contributed by atoms with Gasteiger partial charge in [0, 0.05) is 24.6 Å². The van der Waals surface area contributed by atoms with Gasteiger partial charge in [-0.2, -0.15) is 5.10 Å². The molecule has 0 unspecified atom stereocenters. The number of ketones is 1. The van der Waals surface area contributed by atoms with Crippen molar-refractivity contribution in [2.45, 2.75) is 63.8 Å². The fourth-order valence-corrected chi connectivity index (χ4v) is 2.80. The summed E-state index contributed by atoms with van der Waals surface area (Å²) < 4.78 is 0. The van der Waals surface area contributed by atoms with Gasteiger partial charge >= 0.3 is 0 Å². The molecule has 0 aromatic rings. The van der Waals surface area contributed by atoms with Gasteiger partial charge in [0.15, 0.2) is 5.11 Å². The van der Waals surface area contributed by atoms with E-state index >= 15 is 0 Å². The Hall–Kier alpha value is -0.970. The van der Waals surface area contributed by atoms with Gasteiger partial charge in [0.1, 0.15) is 5.78 Å². The number of rotatable bonds is 2. The highest BCUT2D eigenvalue weighted by molar-refractivity contribution is 7.80. The molecule has 0 heterocycles. The summed E-state index contributed by atoms with van der Waals surface area (Å²) in [6.07, 6.45) is 9.29. The molecule has 2 saturated carbocycles. The first-order valence-electron chi connectivity index (χ1n) is 6.87. The molecule has 2 aliphatic carbocycles. The molecule has 4 nitrogen and oxygen atoms in total. The normalized spacial score (nSPS) is 24.0. The van der Waals surface area contributed by atoms with E-state index in [1.807, 2.05) is 0 Å². The Morgan fingerprint density at radius 2 is 1.94 bits per heavy atom. The highest BCUT2D eigenvalue weighted by Crippen LogP contribution is 2.17. The lowest BCUT2D eigenvalue weighted by atomic mass is 9.96. The van der Waals surface area contributed by atoms with Gasteiger partial charge in [-0.05, 0) is 37.9 Å². The van der Waals surface area contributed by atoms with Crippen LogP contribution < -0.4 is 10.7 Å². The van der Waals surface area contributed by atoms with E-state index in [-0.39, 0.29) is 5.78 Å². The Balaban J connectivity index is 1.73. The second kappa shape index (κ2) is 6.83. The fraction of sp³-hybridized carbons (Fsp3) is 0.769. The van der Waals surface area contributed by atoms with Crippen LogP contribution in [0.2, 0.25) is 0 Å². The monoisotopic (exact) mass is 267 g/mol. The molecular formula is C13H21N3OS. The van der Waals surface area contributed by atoms with Crippen molar-refractivity contribution in [3.8, 4) is 0 Å². The molecule has 100 valence electrons. The zero-order valence-corrected chi connectivity index (χ0v) is 11.5. The third kappa shape index (κ3) is 4.37. The molecule has 0 saturated heterocycles. The van der Waals surface area contributed by atoms with Crippen molar-refractivity contribution in [3.63, 3.8) is 0 Å². The molecule has 0 spiro atoms. The molecule has 0 aromatic carbocycles. The maximum Gasteiger partial charge on any atom is 0.187 e. The third-order valence-corrected chi connectivity index (χ3v) is 3.79. The first kappa shape index (κ1) is 13.5. The van der Waals surface area contributed by atoms with Crippen molar-refractivity contribution in [2.24, 2.45) is 5.10 Å². The lowest BCUT2D eigenvalue weighted by molar-refractivity contribution is -0.118. The molecule has 0 aromatic heterocycles. The lowest BCUT2D eigenvalue weighted by Gasteiger charge is -2.23. The SMILES string of the molecule is O=C1CCC/C(=N/NC(=S)NC2CCCCC2)C1. The summed E-state index contributed by atoms with van der Waals surface area (Å²) in [5.41, 5.74) is 3.81. The average molecular weight is 267 g/mol. The van der Waals surface area contributed by atoms with Gasteiger partial charge < -0.3 is 5.32 Å². The Morgan fingerprint density at radius 3 is 2.67 bits per heavy atom. The second-order valence-corrected chi connectivity index (χ2v) is 5.58. The summed E-state index contributed by atoms with van der Waals surface area (Å²) in [5.74, 6) is 0.285. The summed E-state index contributed by atoms with van der Waals surface area (Å²) in [7, 11) is 0. The molecular weight excluding hydrogens is 246 g/mol. The second-order valence-electron chi connectivity index (χ2n) is 5.17. The number of Topliss-reactive ketones (excluding diaryl/α,β-unsaturated/α-hetero) is 1. The van der Waals surface area contributed by atoms with Crippen LogP contribution in [0.25, 0.3) is 0 Å². The van der Waals surface area contributed by atoms with Crippen LogP contribution in [0, 0.1) is 0 Å². The molecule has 2 rings (SSSR count). The van der Waals surface area contributed by atoms with Crippen molar-refractivity contribution in [1.29, 1.82) is 0 Å². The van der Waals surface area contributed by atoms with Crippen LogP contribution in [0.4, 0.5) is 0 Å². The van der Waals surface area contributed by atoms with Gasteiger partial charge in [0.25, 0.3) is 0 Å². The van der Waals surface area contributed by atoms with Gasteiger partial charge in [0.2, 0.25) is 0 Å². The van der Waals surface area contributed by atoms with E-state index in [9.17, 15) is 4.79 Å². The number of nitrogens with zero attached hydrogens (tertiary/aromatic N) is 1. The standard InChI is InChI=1S/C13H21N3OS/c17-12-8-4-7-11(9-12)15-16-13(18)14-10-5-2-1-3-6-10/h10H,1-9H2,(H2,14,16,18)/b15-11-. The summed E-state index contributed by atoms with van der Waals surface area (Å²) in [6.45, 7) is 0. The zero-order valence-electron chi connectivity index (χ0n) is 10.7. The molecule has 0 atom stereocenters. The topological polar surface area (TPSA) is 53.5 Å². The van der Waals surface area contributed by atoms with E-state index in [4.69, 9.17) is 12.2 Å². The number of hydrogen-bond acceptors (Lipinski definition) is 3. The van der Waals surface area contributed by atoms with Crippen LogP contribution in [-0.4, -0.2) is 22.6 Å². The summed E-state index contributed by atoms with van der Waals surface area (Å²) in [6, 6.07) is 0.493. The van der Waals surface area contributed by atoms with Crippen LogP contribution in [0.1, 0.15) is 57.8 Å². The minimum Gasteiger partial charge on any atom is -0.359 e. The van der Waals surface area contributed by atoms with E-state index in [2.05, 4.69) is 15.8 Å². The predicted molar refractivity (Wildman–Crippen MR) is 76.7 cm³/mol. The van der Waals surface area contributed by atoms with E-state index < -0.39 is 0 Å². The molecule has 18 heavy (non-hydrogen) atoms. The van der Waals surface area contributed by atoms with Crippen molar-refractivity contribution in [2.75, 3.05) is 0 Å². The van der Waals surface area contributed by atoms with Gasteiger partial charge in [0.05, 0.1) is 0 Å². The summed E-state index contributed by atoms with van der Waals surface area (Å²) in [4.78, 5) is 11.3. The number of thiocarbonyl (C=S) groups is 1. The molecule has 2 fully saturated rings. The lowest BCUT2D eigenvalue weighted by Crippen LogP contribution is -2.41. The molecule has 2 aliphatic rings. The fourth-order valence-electron chi connectivity index (χ4n) is 2.58. The molecule has 2 N–H and O–H groups in total. The Labute approximate surface area is 114 Å². The summed E-state index contributed by atoms with van der Waals surface area (Å²) in [5, 5.41) is 8.13. The van der Waals surface area contributed by atoms with Gasteiger partial charge in [-0.15, -0.1) is 0 Å². The van der Waals surface area contributed by atoms with E-state index in [0.29, 0.717) is 24.0 Å². The number of hydrogen-bond donors (Lipinski definition) is 2. The minimum atomic E-state index is 0.285. The molecule has 0 bridgehead atoms. The van der Waals surface area contributed by atoms with Crippen LogP contribution in [-0.2, 0) is 4.79 Å². The first-order chi connectivity index (χ1) is 8.74. The number of hydrazone groups is 1. The Bertz CT molecular complexity index is 348.